The second kappa shape index (κ2) is 7.27. The summed E-state index contributed by atoms with van der Waals surface area (Å²) in [5.41, 5.74) is 6.82. The average Bonchev–Trinajstić information content (AvgIpc) is 2.50. The first-order valence-electron chi connectivity index (χ1n) is 7.25. The summed E-state index contributed by atoms with van der Waals surface area (Å²) in [6.45, 7) is 3.99. The Kier molecular flexibility index (Phi) is 5.39. The lowest BCUT2D eigenvalue weighted by molar-refractivity contribution is 0.415. The van der Waals surface area contributed by atoms with Crippen molar-refractivity contribution in [3.63, 3.8) is 0 Å². The fraction of sp³-hybridized carbons (Fsp3) is 0.412. The zero-order chi connectivity index (χ0) is 14.4. The summed E-state index contributed by atoms with van der Waals surface area (Å²) < 4.78 is 5.25. The van der Waals surface area contributed by atoms with Crippen molar-refractivity contribution < 1.29 is 4.74 Å². The molecular weight excluding hydrogens is 248 g/mol. The Bertz CT molecular complexity index is 554. The molecule has 3 nitrogen and oxygen atoms in total. The summed E-state index contributed by atoms with van der Waals surface area (Å²) in [7, 11) is 1.70. The highest BCUT2D eigenvalue weighted by Crippen LogP contribution is 2.24. The van der Waals surface area contributed by atoms with Gasteiger partial charge in [-0.25, -0.2) is 0 Å². The molecule has 0 saturated heterocycles. The van der Waals surface area contributed by atoms with E-state index in [2.05, 4.69) is 42.6 Å². The molecule has 1 unspecified atom stereocenters. The number of ether oxygens (including phenoxy) is 1. The molecule has 3 N–H and O–H groups in total. The molecule has 0 spiro atoms. The Morgan fingerprint density at radius 2 is 1.85 bits per heavy atom. The van der Waals surface area contributed by atoms with E-state index >= 15 is 0 Å². The number of nitrogens with one attached hydrogen (secondary N) is 1. The molecule has 20 heavy (non-hydrogen) atoms. The van der Waals surface area contributed by atoms with Gasteiger partial charge in [-0.1, -0.05) is 18.2 Å². The maximum Gasteiger partial charge on any atom is 0.119 e. The molecule has 0 radical (unpaired) electrons. The zero-order valence-corrected chi connectivity index (χ0v) is 12.4. The quantitative estimate of drug-likeness (QED) is 0.761. The van der Waals surface area contributed by atoms with Crippen molar-refractivity contribution in [1.29, 1.82) is 0 Å². The van der Waals surface area contributed by atoms with Crippen molar-refractivity contribution in [2.45, 2.75) is 25.8 Å². The molecule has 0 aliphatic heterocycles. The third kappa shape index (κ3) is 3.71. The van der Waals surface area contributed by atoms with Gasteiger partial charge in [-0.3, -0.25) is 0 Å². The lowest BCUT2D eigenvalue weighted by Crippen LogP contribution is -2.20. The monoisotopic (exact) mass is 272 g/mol. The Hall–Kier alpha value is -1.58. The number of unbranched alkanes of at least 4 members (excludes halogenated alkanes) is 1. The summed E-state index contributed by atoms with van der Waals surface area (Å²) in [5.74, 6) is 0.901. The van der Waals surface area contributed by atoms with Gasteiger partial charge in [-0.05, 0) is 67.4 Å². The maximum absolute atomic E-state index is 5.50. The summed E-state index contributed by atoms with van der Waals surface area (Å²) >= 11 is 0. The first-order valence-corrected chi connectivity index (χ1v) is 7.25. The number of hydrogen-bond acceptors (Lipinski definition) is 3. The van der Waals surface area contributed by atoms with Crippen molar-refractivity contribution in [3.05, 3.63) is 42.0 Å². The SMILES string of the molecule is COc1ccc2cc(C(C)NCCCCN)ccc2c1. The van der Waals surface area contributed by atoms with Crippen LogP contribution in [-0.4, -0.2) is 20.2 Å². The van der Waals surface area contributed by atoms with Crippen LogP contribution in [0.5, 0.6) is 5.75 Å². The minimum absolute atomic E-state index is 0.360. The van der Waals surface area contributed by atoms with Crippen LogP contribution in [0, 0.1) is 0 Å². The summed E-state index contributed by atoms with van der Waals surface area (Å²) in [6.07, 6.45) is 2.21. The molecule has 0 bridgehead atoms. The molecule has 1 atom stereocenters. The van der Waals surface area contributed by atoms with E-state index in [4.69, 9.17) is 10.5 Å². The van der Waals surface area contributed by atoms with Crippen LogP contribution in [0.2, 0.25) is 0 Å². The molecule has 108 valence electrons. The van der Waals surface area contributed by atoms with E-state index in [1.165, 1.54) is 16.3 Å². The molecule has 2 aromatic carbocycles. The van der Waals surface area contributed by atoms with Crippen LogP contribution < -0.4 is 15.8 Å². The molecule has 2 rings (SSSR count). The fourth-order valence-corrected chi connectivity index (χ4v) is 2.34. The number of nitrogens with two attached hydrogens (primary N) is 1. The lowest BCUT2D eigenvalue weighted by atomic mass is 10.0. The first-order chi connectivity index (χ1) is 9.74. The topological polar surface area (TPSA) is 47.3 Å². The molecule has 2 aromatic rings. The maximum atomic E-state index is 5.50. The van der Waals surface area contributed by atoms with E-state index in [9.17, 15) is 0 Å². The highest BCUT2D eigenvalue weighted by molar-refractivity contribution is 5.84. The van der Waals surface area contributed by atoms with E-state index in [0.717, 1.165) is 31.7 Å². The second-order valence-corrected chi connectivity index (χ2v) is 5.14. The van der Waals surface area contributed by atoms with E-state index in [-0.39, 0.29) is 0 Å². The number of rotatable bonds is 7. The summed E-state index contributed by atoms with van der Waals surface area (Å²) in [5, 5.41) is 6.00. The van der Waals surface area contributed by atoms with Crippen LogP contribution >= 0.6 is 0 Å². The van der Waals surface area contributed by atoms with E-state index in [0.29, 0.717) is 6.04 Å². The number of fused-ring (bicyclic) bond motifs is 1. The van der Waals surface area contributed by atoms with Gasteiger partial charge in [0.1, 0.15) is 5.75 Å². The van der Waals surface area contributed by atoms with Crippen LogP contribution in [0.1, 0.15) is 31.4 Å². The number of benzene rings is 2. The van der Waals surface area contributed by atoms with Crippen LogP contribution in [0.4, 0.5) is 0 Å². The minimum Gasteiger partial charge on any atom is -0.497 e. The Labute approximate surface area is 121 Å². The normalized spacial score (nSPS) is 12.6. The predicted molar refractivity (Wildman–Crippen MR) is 85.2 cm³/mol. The standard InChI is InChI=1S/C17H24N2O/c1-13(19-10-4-3-9-18)14-5-6-16-12-17(20-2)8-7-15(16)11-14/h5-8,11-13,19H,3-4,9-10,18H2,1-2H3. The minimum atomic E-state index is 0.360. The van der Waals surface area contributed by atoms with Gasteiger partial charge in [-0.2, -0.15) is 0 Å². The Balaban J connectivity index is 2.07. The molecule has 0 saturated carbocycles. The third-order valence-corrected chi connectivity index (χ3v) is 3.65. The van der Waals surface area contributed by atoms with E-state index < -0.39 is 0 Å². The molecule has 0 aromatic heterocycles. The van der Waals surface area contributed by atoms with Gasteiger partial charge in [0.2, 0.25) is 0 Å². The highest BCUT2D eigenvalue weighted by Gasteiger charge is 2.05. The average molecular weight is 272 g/mol. The lowest BCUT2D eigenvalue weighted by Gasteiger charge is -2.15. The molecule has 0 heterocycles. The molecule has 3 heteroatoms. The Morgan fingerprint density at radius 1 is 1.10 bits per heavy atom. The van der Waals surface area contributed by atoms with Gasteiger partial charge in [0, 0.05) is 6.04 Å². The summed E-state index contributed by atoms with van der Waals surface area (Å²) in [4.78, 5) is 0. The van der Waals surface area contributed by atoms with Gasteiger partial charge >= 0.3 is 0 Å². The van der Waals surface area contributed by atoms with E-state index in [1.807, 2.05) is 6.07 Å². The van der Waals surface area contributed by atoms with Gasteiger partial charge in [-0.15, -0.1) is 0 Å². The van der Waals surface area contributed by atoms with Gasteiger partial charge < -0.3 is 15.8 Å². The van der Waals surface area contributed by atoms with Gasteiger partial charge in [0.15, 0.2) is 0 Å². The zero-order valence-electron chi connectivity index (χ0n) is 12.4. The fourth-order valence-electron chi connectivity index (χ4n) is 2.34. The third-order valence-electron chi connectivity index (χ3n) is 3.65. The second-order valence-electron chi connectivity index (χ2n) is 5.14. The predicted octanol–water partition coefficient (Wildman–Crippen LogP) is 3.24. The van der Waals surface area contributed by atoms with Crippen LogP contribution in [0.25, 0.3) is 10.8 Å². The Morgan fingerprint density at radius 3 is 2.60 bits per heavy atom. The van der Waals surface area contributed by atoms with E-state index in [1.54, 1.807) is 7.11 Å². The smallest absolute Gasteiger partial charge is 0.119 e. The molecule has 0 aliphatic carbocycles. The van der Waals surface area contributed by atoms with Crippen LogP contribution in [0.3, 0.4) is 0 Å². The van der Waals surface area contributed by atoms with Crippen molar-refractivity contribution in [2.75, 3.05) is 20.2 Å². The van der Waals surface area contributed by atoms with Crippen molar-refractivity contribution in [3.8, 4) is 5.75 Å². The number of hydrogen-bond donors (Lipinski definition) is 2. The largest absolute Gasteiger partial charge is 0.497 e. The molecule has 0 amide bonds. The van der Waals surface area contributed by atoms with Gasteiger partial charge in [0.25, 0.3) is 0 Å². The summed E-state index contributed by atoms with van der Waals surface area (Å²) in [6, 6.07) is 13.1. The molecular formula is C17H24N2O. The molecule has 0 fully saturated rings. The van der Waals surface area contributed by atoms with Crippen molar-refractivity contribution in [2.24, 2.45) is 5.73 Å². The first kappa shape index (κ1) is 14.8. The number of methoxy groups -OCH3 is 1. The van der Waals surface area contributed by atoms with Crippen LogP contribution in [-0.2, 0) is 0 Å². The van der Waals surface area contributed by atoms with Crippen LogP contribution in [0.15, 0.2) is 36.4 Å². The van der Waals surface area contributed by atoms with Crippen molar-refractivity contribution in [1.82, 2.24) is 5.32 Å². The highest BCUT2D eigenvalue weighted by atomic mass is 16.5. The molecule has 0 aliphatic rings. The van der Waals surface area contributed by atoms with Gasteiger partial charge in [0.05, 0.1) is 7.11 Å². The van der Waals surface area contributed by atoms with Crippen molar-refractivity contribution >= 4 is 10.8 Å².